The van der Waals surface area contributed by atoms with E-state index in [0.29, 0.717) is 12.6 Å². The summed E-state index contributed by atoms with van der Waals surface area (Å²) in [7, 11) is 2.16. The molecule has 0 bridgehead atoms. The second-order valence-corrected chi connectivity index (χ2v) is 15.5. The molecule has 3 aromatic heterocycles. The van der Waals surface area contributed by atoms with Gasteiger partial charge in [0, 0.05) is 76.0 Å². The Labute approximate surface area is 320 Å². The third-order valence-corrected chi connectivity index (χ3v) is 11.1. The normalized spacial score (nSPS) is 16.8. The lowest BCUT2D eigenvalue weighted by Crippen LogP contribution is -2.45. The van der Waals surface area contributed by atoms with Crippen molar-refractivity contribution < 1.29 is 4.39 Å². The average Bonchev–Trinajstić information content (AvgIpc) is 3.16. The van der Waals surface area contributed by atoms with Crippen LogP contribution in [0.15, 0.2) is 85.3 Å². The number of benzene rings is 2. The number of nitrogens with zero attached hydrogens (tertiary/aromatic N) is 5. The first-order chi connectivity index (χ1) is 26.3. The molecule has 0 unspecified atom stereocenters. The van der Waals surface area contributed by atoms with Gasteiger partial charge in [0.15, 0.2) is 0 Å². The van der Waals surface area contributed by atoms with Crippen LogP contribution < -0.4 is 16.4 Å². The molecule has 2 aliphatic rings. The number of hydrogen-bond donors (Lipinski definition) is 3. The van der Waals surface area contributed by atoms with Crippen molar-refractivity contribution >= 4 is 0 Å². The van der Waals surface area contributed by atoms with Crippen LogP contribution in [0, 0.1) is 19.8 Å². The SMILES string of the molecule is Cc1cnc(CN(C)C[C@H]2Cc3c(cc(Cc4cccnc4CN(CCCCN)C[C@H]4Cc5ccccc5CN4)cc3-c3ccnc(F)c3)CN2)c(C)c1. The van der Waals surface area contributed by atoms with Crippen LogP contribution in [-0.2, 0) is 45.4 Å². The van der Waals surface area contributed by atoms with E-state index in [-0.39, 0.29) is 6.04 Å². The molecule has 0 fully saturated rings. The van der Waals surface area contributed by atoms with Gasteiger partial charge in [-0.25, -0.2) is 4.98 Å². The van der Waals surface area contributed by atoms with E-state index in [0.717, 1.165) is 100 Å². The molecule has 2 aromatic carbocycles. The zero-order chi connectivity index (χ0) is 37.4. The molecule has 0 saturated carbocycles. The maximum atomic E-state index is 14.6. The molecule has 5 heterocycles. The quantitative estimate of drug-likeness (QED) is 0.0857. The fourth-order valence-corrected chi connectivity index (χ4v) is 8.32. The van der Waals surface area contributed by atoms with E-state index in [4.69, 9.17) is 15.7 Å². The number of likely N-dealkylation sites (N-methyl/N-ethyl adjacent to an activating group) is 1. The van der Waals surface area contributed by atoms with E-state index in [9.17, 15) is 4.39 Å². The topological polar surface area (TPSA) is 95.2 Å². The van der Waals surface area contributed by atoms with E-state index in [1.807, 2.05) is 24.5 Å². The van der Waals surface area contributed by atoms with Crippen molar-refractivity contribution in [2.24, 2.45) is 5.73 Å². The van der Waals surface area contributed by atoms with E-state index < -0.39 is 5.95 Å². The molecule has 7 rings (SSSR count). The summed E-state index contributed by atoms with van der Waals surface area (Å²) in [4.78, 5) is 18.5. The summed E-state index contributed by atoms with van der Waals surface area (Å²) in [5.41, 5.74) is 20.3. The molecule has 282 valence electrons. The van der Waals surface area contributed by atoms with Gasteiger partial charge in [-0.1, -0.05) is 48.5 Å². The van der Waals surface area contributed by atoms with Crippen LogP contribution in [-0.4, -0.2) is 70.1 Å². The van der Waals surface area contributed by atoms with Gasteiger partial charge in [-0.05, 0) is 134 Å². The summed E-state index contributed by atoms with van der Waals surface area (Å²) in [6.45, 7) is 11.0. The number of halogens is 1. The van der Waals surface area contributed by atoms with Gasteiger partial charge in [0.1, 0.15) is 0 Å². The summed E-state index contributed by atoms with van der Waals surface area (Å²) < 4.78 is 14.6. The highest BCUT2D eigenvalue weighted by molar-refractivity contribution is 5.70. The fraction of sp³-hybridized carbons (Fsp3) is 0.400. The molecule has 0 saturated heterocycles. The highest BCUT2D eigenvalue weighted by Gasteiger charge is 2.25. The van der Waals surface area contributed by atoms with E-state index in [1.165, 1.54) is 44.5 Å². The van der Waals surface area contributed by atoms with Gasteiger partial charge >= 0.3 is 0 Å². The second-order valence-electron chi connectivity index (χ2n) is 15.5. The van der Waals surface area contributed by atoms with E-state index in [2.05, 4.69) is 94.8 Å². The van der Waals surface area contributed by atoms with Gasteiger partial charge < -0.3 is 16.4 Å². The minimum Gasteiger partial charge on any atom is -0.330 e. The number of nitrogens with two attached hydrogens (primary N) is 1. The third kappa shape index (κ3) is 9.64. The fourth-order valence-electron chi connectivity index (χ4n) is 8.32. The molecule has 8 nitrogen and oxygen atoms in total. The Hall–Kier alpha value is -4.38. The molecular formula is C45H55FN8. The highest BCUT2D eigenvalue weighted by Crippen LogP contribution is 2.33. The van der Waals surface area contributed by atoms with Crippen LogP contribution in [0.2, 0.25) is 0 Å². The minimum absolute atomic E-state index is 0.256. The molecule has 2 atom stereocenters. The van der Waals surface area contributed by atoms with Crippen molar-refractivity contribution in [2.75, 3.05) is 33.2 Å². The van der Waals surface area contributed by atoms with Crippen LogP contribution in [0.5, 0.6) is 0 Å². The summed E-state index contributed by atoms with van der Waals surface area (Å²) in [5.74, 6) is -0.460. The smallest absolute Gasteiger partial charge is 0.213 e. The van der Waals surface area contributed by atoms with Gasteiger partial charge in [0.25, 0.3) is 0 Å². The van der Waals surface area contributed by atoms with Crippen molar-refractivity contribution in [3.63, 3.8) is 0 Å². The Morgan fingerprint density at radius 2 is 1.61 bits per heavy atom. The molecule has 9 heteroatoms. The molecule has 54 heavy (non-hydrogen) atoms. The van der Waals surface area contributed by atoms with Gasteiger partial charge in [-0.2, -0.15) is 4.39 Å². The lowest BCUT2D eigenvalue weighted by Gasteiger charge is -2.32. The van der Waals surface area contributed by atoms with Crippen molar-refractivity contribution in [2.45, 2.75) is 84.2 Å². The predicted molar refractivity (Wildman–Crippen MR) is 215 cm³/mol. The van der Waals surface area contributed by atoms with Crippen LogP contribution in [0.3, 0.4) is 0 Å². The number of unbranched alkanes of at least 4 members (excludes halogenated alkanes) is 1. The monoisotopic (exact) mass is 726 g/mol. The number of pyridine rings is 3. The van der Waals surface area contributed by atoms with Gasteiger partial charge in [0.2, 0.25) is 5.95 Å². The number of nitrogens with one attached hydrogen (secondary N) is 2. The summed E-state index contributed by atoms with van der Waals surface area (Å²) in [6, 6.07) is 24.0. The molecule has 4 N–H and O–H groups in total. The largest absolute Gasteiger partial charge is 0.330 e. The lowest BCUT2D eigenvalue weighted by molar-refractivity contribution is 0.222. The highest BCUT2D eigenvalue weighted by atomic mass is 19.1. The minimum atomic E-state index is -0.460. The van der Waals surface area contributed by atoms with Crippen molar-refractivity contribution in [3.8, 4) is 11.1 Å². The number of fused-ring (bicyclic) bond motifs is 2. The molecular weight excluding hydrogens is 672 g/mol. The molecule has 2 aliphatic heterocycles. The summed E-state index contributed by atoms with van der Waals surface area (Å²) in [6.07, 6.45) is 10.1. The standard InChI is InChI=1S/C45H55FN8/c1-31-17-32(2)43(52-24-31)29-53(3)27-40-23-42-38(26-51-40)19-33(20-41(42)35-12-15-49-45(46)22-35)18-36-11-8-14-48-44(36)30-54(16-7-6-13-47)28-39-21-34-9-4-5-10-37(34)25-50-39/h4-5,8-12,14-15,17,19-20,22,24,39-40,50-51H,6-7,13,16,18,21,23,25-30,47H2,1-3H3/t39-,40-/m1/s1. The van der Waals surface area contributed by atoms with Crippen molar-refractivity contribution in [3.05, 3.63) is 147 Å². The molecule has 0 amide bonds. The van der Waals surface area contributed by atoms with Crippen molar-refractivity contribution in [1.29, 1.82) is 0 Å². The second kappa shape index (κ2) is 17.8. The number of hydrogen-bond acceptors (Lipinski definition) is 8. The average molecular weight is 727 g/mol. The van der Waals surface area contributed by atoms with Crippen LogP contribution in [0.4, 0.5) is 4.39 Å². The lowest BCUT2D eigenvalue weighted by atomic mass is 9.85. The zero-order valence-electron chi connectivity index (χ0n) is 32.1. The Bertz CT molecular complexity index is 2030. The Morgan fingerprint density at radius 1 is 0.796 bits per heavy atom. The van der Waals surface area contributed by atoms with Gasteiger partial charge in [0.05, 0.1) is 11.4 Å². The first kappa shape index (κ1) is 37.9. The predicted octanol–water partition coefficient (Wildman–Crippen LogP) is 6.29. The Kier molecular flexibility index (Phi) is 12.5. The first-order valence-corrected chi connectivity index (χ1v) is 19.6. The number of aromatic nitrogens is 3. The third-order valence-electron chi connectivity index (χ3n) is 11.1. The maximum absolute atomic E-state index is 14.6. The molecule has 0 radical (unpaired) electrons. The van der Waals surface area contributed by atoms with Crippen LogP contribution >= 0.6 is 0 Å². The van der Waals surface area contributed by atoms with Gasteiger partial charge in [-0.15, -0.1) is 0 Å². The molecule has 0 spiro atoms. The van der Waals surface area contributed by atoms with Gasteiger partial charge in [-0.3, -0.25) is 19.8 Å². The number of rotatable bonds is 15. The Balaban J connectivity index is 1.10. The Morgan fingerprint density at radius 3 is 2.43 bits per heavy atom. The van der Waals surface area contributed by atoms with E-state index in [1.54, 1.807) is 12.3 Å². The summed E-state index contributed by atoms with van der Waals surface area (Å²) >= 11 is 0. The van der Waals surface area contributed by atoms with Crippen molar-refractivity contribution in [1.82, 2.24) is 35.4 Å². The van der Waals surface area contributed by atoms with Crippen LogP contribution in [0.25, 0.3) is 11.1 Å². The summed E-state index contributed by atoms with van der Waals surface area (Å²) in [5, 5.41) is 7.61. The zero-order valence-corrected chi connectivity index (χ0v) is 32.1. The molecule has 5 aromatic rings. The number of aryl methyl sites for hydroxylation is 2. The molecule has 0 aliphatic carbocycles. The first-order valence-electron chi connectivity index (χ1n) is 19.6. The maximum Gasteiger partial charge on any atom is 0.213 e. The van der Waals surface area contributed by atoms with Crippen LogP contribution in [0.1, 0.15) is 68.7 Å². The van der Waals surface area contributed by atoms with E-state index >= 15 is 0 Å².